The number of hydrogen-bond donors (Lipinski definition) is 2. The van der Waals surface area contributed by atoms with Gasteiger partial charge in [0, 0.05) is 23.4 Å². The number of nitrogens with two attached hydrogens (primary N) is 2. The van der Waals surface area contributed by atoms with E-state index in [4.69, 9.17) is 20.8 Å². The molecule has 6 heteroatoms. The number of hydrogen-bond acceptors (Lipinski definition) is 5. The van der Waals surface area contributed by atoms with Gasteiger partial charge in [0.15, 0.2) is 0 Å². The van der Waals surface area contributed by atoms with Crippen molar-refractivity contribution < 1.29 is 9.31 Å². The fourth-order valence-electron chi connectivity index (χ4n) is 1.91. The first kappa shape index (κ1) is 14.3. The number of nitrogen functional groups attached to an aromatic ring is 1. The molecule has 1 aliphatic heterocycles. The Morgan fingerprint density at radius 2 is 1.74 bits per heavy atom. The van der Waals surface area contributed by atoms with Gasteiger partial charge in [0.05, 0.1) is 16.9 Å². The van der Waals surface area contributed by atoms with E-state index in [0.29, 0.717) is 5.69 Å². The molecule has 19 heavy (non-hydrogen) atoms. The Hall–Kier alpha value is -1.11. The summed E-state index contributed by atoms with van der Waals surface area (Å²) in [5.41, 5.74) is 13.2. The lowest BCUT2D eigenvalue weighted by Gasteiger charge is -2.32. The molecule has 0 radical (unpaired) electrons. The Labute approximate surface area is 114 Å². The third-order valence-corrected chi connectivity index (χ3v) is 3.96. The summed E-state index contributed by atoms with van der Waals surface area (Å²) in [7, 11) is -0.486. The maximum Gasteiger partial charge on any atom is 0.498 e. The third-order valence-electron chi connectivity index (χ3n) is 3.96. The zero-order valence-electron chi connectivity index (χ0n) is 12.2. The molecular weight excluding hydrogens is 241 g/mol. The third kappa shape index (κ3) is 2.48. The first-order valence-corrected chi connectivity index (χ1v) is 6.50. The molecule has 1 atom stereocenters. The zero-order chi connectivity index (χ0) is 14.4. The number of aromatic nitrogens is 1. The topological polar surface area (TPSA) is 83.4 Å². The van der Waals surface area contributed by atoms with Crippen LogP contribution in [-0.4, -0.2) is 23.3 Å². The van der Waals surface area contributed by atoms with Crippen molar-refractivity contribution in [1.82, 2.24) is 4.98 Å². The van der Waals surface area contributed by atoms with E-state index in [1.54, 1.807) is 12.3 Å². The van der Waals surface area contributed by atoms with Crippen molar-refractivity contribution in [3.8, 4) is 0 Å². The number of rotatable bonds is 2. The van der Waals surface area contributed by atoms with Crippen molar-refractivity contribution in [2.24, 2.45) is 5.73 Å². The van der Waals surface area contributed by atoms with Gasteiger partial charge in [-0.2, -0.15) is 0 Å². The summed E-state index contributed by atoms with van der Waals surface area (Å²) in [4.78, 5) is 4.31. The van der Waals surface area contributed by atoms with Crippen molar-refractivity contribution in [1.29, 1.82) is 0 Å². The predicted molar refractivity (Wildman–Crippen MR) is 77.0 cm³/mol. The van der Waals surface area contributed by atoms with Crippen LogP contribution in [0, 0.1) is 0 Å². The Kier molecular flexibility index (Phi) is 3.37. The maximum absolute atomic E-state index is 6.06. The molecule has 0 aliphatic carbocycles. The second-order valence-corrected chi connectivity index (χ2v) is 6.12. The monoisotopic (exact) mass is 263 g/mol. The van der Waals surface area contributed by atoms with E-state index in [1.807, 2.05) is 34.6 Å². The molecule has 1 fully saturated rings. The Morgan fingerprint density at radius 1 is 1.21 bits per heavy atom. The van der Waals surface area contributed by atoms with Gasteiger partial charge >= 0.3 is 7.12 Å². The van der Waals surface area contributed by atoms with Gasteiger partial charge in [-0.05, 0) is 40.7 Å². The van der Waals surface area contributed by atoms with Crippen LogP contribution in [0.1, 0.15) is 46.4 Å². The number of pyridine rings is 1. The van der Waals surface area contributed by atoms with Crippen LogP contribution in [0.15, 0.2) is 12.3 Å². The Bertz CT molecular complexity index is 473. The maximum atomic E-state index is 6.06. The molecule has 0 saturated carbocycles. The van der Waals surface area contributed by atoms with Crippen LogP contribution < -0.4 is 16.9 Å². The van der Waals surface area contributed by atoms with Gasteiger partial charge < -0.3 is 20.8 Å². The Balaban J connectivity index is 2.30. The van der Waals surface area contributed by atoms with Gasteiger partial charge in [0.2, 0.25) is 0 Å². The van der Waals surface area contributed by atoms with Gasteiger partial charge in [0.25, 0.3) is 0 Å². The fraction of sp³-hybridized carbons (Fsp3) is 0.615. The highest BCUT2D eigenvalue weighted by atomic mass is 16.7. The van der Waals surface area contributed by atoms with Crippen LogP contribution in [0.4, 0.5) is 5.69 Å². The van der Waals surface area contributed by atoms with Crippen LogP contribution in [-0.2, 0) is 9.31 Å². The molecule has 0 spiro atoms. The van der Waals surface area contributed by atoms with Gasteiger partial charge in [0.1, 0.15) is 0 Å². The second kappa shape index (κ2) is 4.47. The molecule has 1 aromatic rings. The van der Waals surface area contributed by atoms with Crippen LogP contribution in [0.2, 0.25) is 0 Å². The normalized spacial score (nSPS) is 22.5. The lowest BCUT2D eigenvalue weighted by molar-refractivity contribution is 0.00578. The number of nitrogens with zero attached hydrogens (tertiary/aromatic N) is 1. The van der Waals surface area contributed by atoms with E-state index in [1.165, 1.54) is 0 Å². The minimum Gasteiger partial charge on any atom is -0.399 e. The van der Waals surface area contributed by atoms with Crippen molar-refractivity contribution in [2.45, 2.75) is 51.9 Å². The highest BCUT2D eigenvalue weighted by Gasteiger charge is 2.52. The minimum absolute atomic E-state index is 0.144. The van der Waals surface area contributed by atoms with E-state index in [9.17, 15) is 0 Å². The molecule has 1 unspecified atom stereocenters. The summed E-state index contributed by atoms with van der Waals surface area (Å²) in [5.74, 6) is 0. The summed E-state index contributed by atoms with van der Waals surface area (Å²) < 4.78 is 11.9. The number of anilines is 1. The van der Waals surface area contributed by atoms with Crippen molar-refractivity contribution in [2.75, 3.05) is 5.73 Å². The average Bonchev–Trinajstić information content (AvgIpc) is 2.47. The molecule has 2 heterocycles. The standard InChI is InChI=1S/C13H22BN3O2/c1-8(15)11-6-10(16)9(7-17-11)14-18-12(2,3)13(4,5)19-14/h6-8H,15H2,1-5H3,(H2,16,17). The molecular formula is C13H22BN3O2. The molecule has 1 aromatic heterocycles. The molecule has 0 aromatic carbocycles. The SMILES string of the molecule is CC(N)c1cc(N)c(B2OC(C)(C)C(C)(C)O2)cn1. The van der Waals surface area contributed by atoms with Gasteiger partial charge in [-0.1, -0.05) is 0 Å². The van der Waals surface area contributed by atoms with E-state index in [-0.39, 0.29) is 17.2 Å². The molecule has 104 valence electrons. The summed E-state index contributed by atoms with van der Waals surface area (Å²) in [6, 6.07) is 1.64. The summed E-state index contributed by atoms with van der Waals surface area (Å²) in [6.07, 6.45) is 1.69. The fourth-order valence-corrected chi connectivity index (χ4v) is 1.91. The van der Waals surface area contributed by atoms with E-state index in [0.717, 1.165) is 11.2 Å². The zero-order valence-corrected chi connectivity index (χ0v) is 12.2. The molecule has 4 N–H and O–H groups in total. The van der Waals surface area contributed by atoms with Crippen LogP contribution in [0.25, 0.3) is 0 Å². The molecule has 1 saturated heterocycles. The first-order valence-electron chi connectivity index (χ1n) is 6.50. The Morgan fingerprint density at radius 3 is 2.16 bits per heavy atom. The highest BCUT2D eigenvalue weighted by Crippen LogP contribution is 2.36. The van der Waals surface area contributed by atoms with E-state index < -0.39 is 7.12 Å². The summed E-state index contributed by atoms with van der Waals surface area (Å²) >= 11 is 0. The molecule has 2 rings (SSSR count). The van der Waals surface area contributed by atoms with Crippen molar-refractivity contribution >= 4 is 18.3 Å². The molecule has 0 amide bonds. The average molecular weight is 263 g/mol. The quantitative estimate of drug-likeness (QED) is 0.777. The molecule has 5 nitrogen and oxygen atoms in total. The summed E-state index contributed by atoms with van der Waals surface area (Å²) in [6.45, 7) is 9.90. The van der Waals surface area contributed by atoms with Crippen molar-refractivity contribution in [3.05, 3.63) is 18.0 Å². The minimum atomic E-state index is -0.486. The largest absolute Gasteiger partial charge is 0.498 e. The van der Waals surface area contributed by atoms with E-state index in [2.05, 4.69) is 4.98 Å². The predicted octanol–water partition coefficient (Wildman–Crippen LogP) is 0.983. The van der Waals surface area contributed by atoms with Crippen LogP contribution in [0.5, 0.6) is 0 Å². The van der Waals surface area contributed by atoms with Crippen LogP contribution >= 0.6 is 0 Å². The summed E-state index contributed by atoms with van der Waals surface area (Å²) in [5, 5.41) is 0. The lowest BCUT2D eigenvalue weighted by atomic mass is 9.79. The first-order chi connectivity index (χ1) is 8.64. The molecule has 1 aliphatic rings. The molecule has 0 bridgehead atoms. The van der Waals surface area contributed by atoms with Gasteiger partial charge in [-0.15, -0.1) is 0 Å². The lowest BCUT2D eigenvalue weighted by Crippen LogP contribution is -2.41. The van der Waals surface area contributed by atoms with Gasteiger partial charge in [-0.3, -0.25) is 4.98 Å². The van der Waals surface area contributed by atoms with Crippen molar-refractivity contribution in [3.63, 3.8) is 0 Å². The van der Waals surface area contributed by atoms with Crippen LogP contribution in [0.3, 0.4) is 0 Å². The van der Waals surface area contributed by atoms with Gasteiger partial charge in [-0.25, -0.2) is 0 Å². The smallest absolute Gasteiger partial charge is 0.399 e. The highest BCUT2D eigenvalue weighted by molar-refractivity contribution is 6.63. The second-order valence-electron chi connectivity index (χ2n) is 6.12. The van der Waals surface area contributed by atoms with E-state index >= 15 is 0 Å².